The van der Waals surface area contributed by atoms with Crippen molar-refractivity contribution >= 4 is 45.7 Å². The number of hydrogen-bond acceptors (Lipinski definition) is 7. The topological polar surface area (TPSA) is 118 Å². The smallest absolute Gasteiger partial charge is 0.234 e. The van der Waals surface area contributed by atoms with E-state index >= 15 is 0 Å². The summed E-state index contributed by atoms with van der Waals surface area (Å²) < 4.78 is 4.91. The molecule has 0 spiro atoms. The molecule has 8 nitrogen and oxygen atoms in total. The van der Waals surface area contributed by atoms with Crippen LogP contribution >= 0.6 is 22.9 Å². The summed E-state index contributed by atoms with van der Waals surface area (Å²) in [6.07, 6.45) is 3.33. The second kappa shape index (κ2) is 7.40. The lowest BCUT2D eigenvalue weighted by atomic mass is 10.1. The third kappa shape index (κ3) is 3.34. The zero-order chi connectivity index (χ0) is 19.7. The molecule has 0 aliphatic rings. The van der Waals surface area contributed by atoms with Gasteiger partial charge in [0.05, 0.1) is 53.1 Å². The molecule has 0 aliphatic heterocycles. The molecule has 0 atom stereocenters. The van der Waals surface area contributed by atoms with Gasteiger partial charge in [0.15, 0.2) is 5.65 Å². The van der Waals surface area contributed by atoms with E-state index < -0.39 is 0 Å². The van der Waals surface area contributed by atoms with Crippen molar-refractivity contribution in [1.29, 1.82) is 5.26 Å². The first-order chi connectivity index (χ1) is 13.6. The van der Waals surface area contributed by atoms with Gasteiger partial charge in [0.1, 0.15) is 11.2 Å². The number of halogens is 1. The van der Waals surface area contributed by atoms with Crippen LogP contribution in [-0.4, -0.2) is 24.5 Å². The summed E-state index contributed by atoms with van der Waals surface area (Å²) in [7, 11) is 0. The van der Waals surface area contributed by atoms with Crippen LogP contribution in [0, 0.1) is 18.3 Å². The lowest BCUT2D eigenvalue weighted by Gasteiger charge is -2.08. The highest BCUT2D eigenvalue weighted by Crippen LogP contribution is 2.26. The Hall–Kier alpha value is -3.26. The summed E-state index contributed by atoms with van der Waals surface area (Å²) in [6.45, 7) is 2.58. The van der Waals surface area contributed by atoms with E-state index in [1.807, 2.05) is 46.5 Å². The van der Waals surface area contributed by atoms with Crippen molar-refractivity contribution < 1.29 is 0 Å². The summed E-state index contributed by atoms with van der Waals surface area (Å²) in [6, 6.07) is 11.4. The Labute approximate surface area is 175 Å². The normalized spacial score (nSPS) is 10.8. The van der Waals surface area contributed by atoms with Gasteiger partial charge in [0, 0.05) is 11.9 Å². The molecule has 0 saturated carbocycles. The van der Waals surface area contributed by atoms with Gasteiger partial charge in [0.2, 0.25) is 5.95 Å². The zero-order valence-electron chi connectivity index (χ0n) is 14.9. The minimum atomic E-state index is 0.447. The number of nitrogens with two attached hydrogens (primary N) is 1. The van der Waals surface area contributed by atoms with Crippen LogP contribution in [0.25, 0.3) is 22.6 Å². The number of fused-ring (bicyclic) bond motifs is 1. The standard InChI is InChI=1S/C19H15IN8/c1-11-6-13(2-3-14(11)22)9-28-10-24-17-16(25-19(27-20)26-18(17)28)15-7-12(8-21)4-5-23-15/h2-7,10H,9,22H2,1H3,(H,25,26,27). The fraction of sp³-hybridized carbons (Fsp3) is 0.105. The molecule has 4 rings (SSSR count). The number of nitrogens with zero attached hydrogens (tertiary/aromatic N) is 6. The Morgan fingerprint density at radius 2 is 2.07 bits per heavy atom. The van der Waals surface area contributed by atoms with Crippen molar-refractivity contribution in [3.05, 3.63) is 59.5 Å². The number of nitrogens with one attached hydrogen (secondary N) is 1. The number of nitriles is 1. The van der Waals surface area contributed by atoms with Crippen molar-refractivity contribution in [3.63, 3.8) is 0 Å². The van der Waals surface area contributed by atoms with Crippen LogP contribution in [-0.2, 0) is 6.54 Å². The van der Waals surface area contributed by atoms with E-state index in [2.05, 4.69) is 35.6 Å². The van der Waals surface area contributed by atoms with E-state index in [1.165, 1.54) is 0 Å². The van der Waals surface area contributed by atoms with Crippen LogP contribution in [0.15, 0.2) is 42.9 Å². The summed E-state index contributed by atoms with van der Waals surface area (Å²) in [4.78, 5) is 18.0. The lowest BCUT2D eigenvalue weighted by molar-refractivity contribution is 0.813. The molecule has 0 saturated heterocycles. The van der Waals surface area contributed by atoms with E-state index in [1.54, 1.807) is 24.7 Å². The number of aryl methyl sites for hydroxylation is 1. The minimum Gasteiger partial charge on any atom is -0.399 e. The summed E-state index contributed by atoms with van der Waals surface area (Å²) in [5.41, 5.74) is 11.8. The molecule has 1 aromatic carbocycles. The van der Waals surface area contributed by atoms with E-state index in [-0.39, 0.29) is 0 Å². The molecule has 3 heterocycles. The van der Waals surface area contributed by atoms with Crippen LogP contribution in [0.5, 0.6) is 0 Å². The second-order valence-corrected chi connectivity index (χ2v) is 6.81. The molecule has 0 fully saturated rings. The highest BCUT2D eigenvalue weighted by Gasteiger charge is 2.16. The number of aromatic nitrogens is 5. The van der Waals surface area contributed by atoms with Crippen LogP contribution < -0.4 is 9.26 Å². The molecule has 138 valence electrons. The van der Waals surface area contributed by atoms with Gasteiger partial charge in [-0.2, -0.15) is 10.2 Å². The van der Waals surface area contributed by atoms with Crippen LogP contribution in [0.4, 0.5) is 11.6 Å². The van der Waals surface area contributed by atoms with Crippen molar-refractivity contribution in [2.75, 3.05) is 9.26 Å². The van der Waals surface area contributed by atoms with Crippen molar-refractivity contribution in [3.8, 4) is 17.5 Å². The quantitative estimate of drug-likeness (QED) is 0.260. The molecule has 28 heavy (non-hydrogen) atoms. The first-order valence-corrected chi connectivity index (χ1v) is 9.48. The maximum absolute atomic E-state index is 9.18. The van der Waals surface area contributed by atoms with E-state index in [9.17, 15) is 5.26 Å². The number of pyridine rings is 1. The summed E-state index contributed by atoms with van der Waals surface area (Å²) in [5, 5.41) is 9.18. The molecule has 0 unspecified atom stereocenters. The number of rotatable bonds is 4. The number of benzene rings is 1. The molecule has 0 radical (unpaired) electrons. The molecule has 0 aliphatic carbocycles. The van der Waals surface area contributed by atoms with Crippen LogP contribution in [0.3, 0.4) is 0 Å². The highest BCUT2D eigenvalue weighted by atomic mass is 127. The molecule has 9 heteroatoms. The SMILES string of the molecule is Cc1cc(Cn2cnc3c(-c4cc(C#N)ccn4)nc(NI)nc32)ccc1N. The Morgan fingerprint density at radius 3 is 2.82 bits per heavy atom. The summed E-state index contributed by atoms with van der Waals surface area (Å²) >= 11 is 1.99. The van der Waals surface area contributed by atoms with Crippen molar-refractivity contribution in [2.24, 2.45) is 0 Å². The monoisotopic (exact) mass is 482 g/mol. The van der Waals surface area contributed by atoms with E-state index in [4.69, 9.17) is 5.73 Å². The van der Waals surface area contributed by atoms with Gasteiger partial charge in [-0.15, -0.1) is 0 Å². The third-order valence-corrected chi connectivity index (χ3v) is 4.85. The van der Waals surface area contributed by atoms with E-state index in [0.717, 1.165) is 16.8 Å². The van der Waals surface area contributed by atoms with E-state index in [0.29, 0.717) is 40.6 Å². The molecule has 0 bridgehead atoms. The van der Waals surface area contributed by atoms with Crippen molar-refractivity contribution in [1.82, 2.24) is 24.5 Å². The first-order valence-electron chi connectivity index (χ1n) is 8.40. The first kappa shape index (κ1) is 18.1. The van der Waals surface area contributed by atoms with Crippen LogP contribution in [0.1, 0.15) is 16.7 Å². The van der Waals surface area contributed by atoms with Gasteiger partial charge >= 0.3 is 0 Å². The second-order valence-electron chi connectivity index (χ2n) is 6.27. The molecule has 4 aromatic rings. The van der Waals surface area contributed by atoms with Gasteiger partial charge in [-0.05, 0) is 36.2 Å². The average molecular weight is 482 g/mol. The third-order valence-electron chi connectivity index (χ3n) is 4.37. The largest absolute Gasteiger partial charge is 0.399 e. The van der Waals surface area contributed by atoms with Gasteiger partial charge in [-0.25, -0.2) is 9.97 Å². The number of imidazole rings is 1. The molecular formula is C19H15IN8. The van der Waals surface area contributed by atoms with Gasteiger partial charge in [0.25, 0.3) is 0 Å². The number of nitrogen functional groups attached to an aromatic ring is 1. The Kier molecular flexibility index (Phi) is 4.79. The Balaban J connectivity index is 1.84. The molecule has 3 aromatic heterocycles. The average Bonchev–Trinajstić information content (AvgIpc) is 3.12. The summed E-state index contributed by atoms with van der Waals surface area (Å²) in [5.74, 6) is 0.447. The maximum Gasteiger partial charge on any atom is 0.234 e. The number of hydrogen-bond donors (Lipinski definition) is 2. The molecule has 3 N–H and O–H groups in total. The predicted octanol–water partition coefficient (Wildman–Crippen LogP) is 3.46. The molecule has 0 amide bonds. The predicted molar refractivity (Wildman–Crippen MR) is 116 cm³/mol. The van der Waals surface area contributed by atoms with Gasteiger partial charge in [-0.1, -0.05) is 12.1 Å². The van der Waals surface area contributed by atoms with Gasteiger partial charge < -0.3 is 10.3 Å². The number of anilines is 2. The highest BCUT2D eigenvalue weighted by molar-refractivity contribution is 14.1. The lowest BCUT2D eigenvalue weighted by Crippen LogP contribution is -2.03. The maximum atomic E-state index is 9.18. The van der Waals surface area contributed by atoms with Crippen molar-refractivity contribution in [2.45, 2.75) is 13.5 Å². The fourth-order valence-corrected chi connectivity index (χ4v) is 3.18. The zero-order valence-corrected chi connectivity index (χ0v) is 17.0. The fourth-order valence-electron chi connectivity index (χ4n) is 2.94. The Bertz CT molecular complexity index is 1220. The minimum absolute atomic E-state index is 0.447. The Morgan fingerprint density at radius 1 is 1.21 bits per heavy atom. The molecular weight excluding hydrogens is 467 g/mol. The van der Waals surface area contributed by atoms with Crippen LogP contribution in [0.2, 0.25) is 0 Å². The van der Waals surface area contributed by atoms with Gasteiger partial charge in [-0.3, -0.25) is 8.51 Å².